The van der Waals surface area contributed by atoms with Gasteiger partial charge >= 0.3 is 0 Å². The van der Waals surface area contributed by atoms with Gasteiger partial charge in [0.15, 0.2) is 0 Å². The lowest BCUT2D eigenvalue weighted by molar-refractivity contribution is -0.115. The lowest BCUT2D eigenvalue weighted by atomic mass is 10.3. The molecular formula is C15H19N3OS. The third kappa shape index (κ3) is 3.81. The van der Waals surface area contributed by atoms with E-state index in [0.29, 0.717) is 12.2 Å². The molecule has 20 heavy (non-hydrogen) atoms. The maximum Gasteiger partial charge on any atom is 0.230 e. The molecule has 2 rings (SSSR count). The van der Waals surface area contributed by atoms with Crippen LogP contribution in [-0.4, -0.2) is 24.0 Å². The lowest BCUT2D eigenvalue weighted by Gasteiger charge is -2.20. The first-order valence-corrected chi connectivity index (χ1v) is 7.64. The fourth-order valence-electron chi connectivity index (χ4n) is 1.99. The van der Waals surface area contributed by atoms with Crippen molar-refractivity contribution in [2.45, 2.75) is 20.3 Å². The number of aromatic nitrogens is 1. The maximum atomic E-state index is 11.9. The lowest BCUT2D eigenvalue weighted by Crippen LogP contribution is -2.22. The van der Waals surface area contributed by atoms with Gasteiger partial charge in [0.1, 0.15) is 5.82 Å². The van der Waals surface area contributed by atoms with Gasteiger partial charge in [-0.05, 0) is 37.4 Å². The largest absolute Gasteiger partial charge is 0.371 e. The highest BCUT2D eigenvalue weighted by Gasteiger charge is 2.07. The molecule has 1 amide bonds. The molecule has 0 radical (unpaired) electrons. The second-order valence-corrected chi connectivity index (χ2v) is 5.41. The second kappa shape index (κ2) is 7.05. The van der Waals surface area contributed by atoms with Gasteiger partial charge < -0.3 is 10.2 Å². The van der Waals surface area contributed by atoms with E-state index in [4.69, 9.17) is 0 Å². The number of hydrogen-bond acceptors (Lipinski definition) is 4. The number of carbonyl (C=O) groups is 1. The molecule has 0 saturated heterocycles. The Morgan fingerprint density at radius 2 is 2.10 bits per heavy atom. The van der Waals surface area contributed by atoms with E-state index in [1.165, 1.54) is 0 Å². The fourth-order valence-corrected chi connectivity index (χ4v) is 2.70. The molecule has 106 valence electrons. The van der Waals surface area contributed by atoms with Crippen LogP contribution in [0.4, 0.5) is 11.5 Å². The summed E-state index contributed by atoms with van der Waals surface area (Å²) in [7, 11) is 0. The molecule has 2 aromatic heterocycles. The Kier molecular flexibility index (Phi) is 5.12. The SMILES string of the molecule is CCN(CC)c1ccc(NC(=O)Cc2cccs2)nc1. The van der Waals surface area contributed by atoms with Gasteiger partial charge in [0.25, 0.3) is 0 Å². The van der Waals surface area contributed by atoms with Crippen LogP contribution in [0.1, 0.15) is 18.7 Å². The van der Waals surface area contributed by atoms with Crippen LogP contribution in [-0.2, 0) is 11.2 Å². The molecule has 0 fully saturated rings. The summed E-state index contributed by atoms with van der Waals surface area (Å²) >= 11 is 1.59. The van der Waals surface area contributed by atoms with Crippen LogP contribution >= 0.6 is 11.3 Å². The first kappa shape index (κ1) is 14.5. The van der Waals surface area contributed by atoms with E-state index >= 15 is 0 Å². The number of nitrogens with one attached hydrogen (secondary N) is 1. The number of amides is 1. The van der Waals surface area contributed by atoms with Gasteiger partial charge in [-0.2, -0.15) is 0 Å². The van der Waals surface area contributed by atoms with Gasteiger partial charge in [0, 0.05) is 18.0 Å². The van der Waals surface area contributed by atoms with Gasteiger partial charge in [0.2, 0.25) is 5.91 Å². The summed E-state index contributed by atoms with van der Waals surface area (Å²) in [5.74, 6) is 0.568. The Balaban J connectivity index is 1.95. The average molecular weight is 289 g/mol. The summed E-state index contributed by atoms with van der Waals surface area (Å²) in [5.41, 5.74) is 1.08. The summed E-state index contributed by atoms with van der Waals surface area (Å²) in [6.07, 6.45) is 2.20. The Bertz CT molecular complexity index is 533. The average Bonchev–Trinajstić information content (AvgIpc) is 2.94. The topological polar surface area (TPSA) is 45.2 Å². The van der Waals surface area contributed by atoms with Crippen molar-refractivity contribution in [1.82, 2.24) is 4.98 Å². The number of anilines is 2. The molecule has 0 saturated carbocycles. The van der Waals surface area contributed by atoms with E-state index in [2.05, 4.69) is 29.0 Å². The predicted octanol–water partition coefficient (Wildman–Crippen LogP) is 3.17. The summed E-state index contributed by atoms with van der Waals surface area (Å²) in [5, 5.41) is 4.79. The minimum Gasteiger partial charge on any atom is -0.371 e. The third-order valence-corrected chi connectivity index (χ3v) is 3.94. The van der Waals surface area contributed by atoms with Gasteiger partial charge in [-0.3, -0.25) is 4.79 Å². The first-order valence-electron chi connectivity index (χ1n) is 6.76. The summed E-state index contributed by atoms with van der Waals surface area (Å²) in [4.78, 5) is 19.4. The highest BCUT2D eigenvalue weighted by Crippen LogP contribution is 2.15. The Labute approximate surface area is 123 Å². The smallest absolute Gasteiger partial charge is 0.230 e. The molecule has 0 atom stereocenters. The highest BCUT2D eigenvalue weighted by molar-refractivity contribution is 7.10. The van der Waals surface area contributed by atoms with Crippen molar-refractivity contribution in [1.29, 1.82) is 0 Å². The quantitative estimate of drug-likeness (QED) is 0.888. The van der Waals surface area contributed by atoms with E-state index in [1.807, 2.05) is 29.6 Å². The zero-order valence-corrected chi connectivity index (χ0v) is 12.6. The fraction of sp³-hybridized carbons (Fsp3) is 0.333. The molecule has 4 nitrogen and oxygen atoms in total. The van der Waals surface area contributed by atoms with Gasteiger partial charge in [-0.15, -0.1) is 11.3 Å². The summed E-state index contributed by atoms with van der Waals surface area (Å²) in [6, 6.07) is 7.74. The molecule has 0 aliphatic carbocycles. The number of rotatable bonds is 6. The van der Waals surface area contributed by atoms with Crippen molar-refractivity contribution >= 4 is 28.7 Å². The summed E-state index contributed by atoms with van der Waals surface area (Å²) < 4.78 is 0. The van der Waals surface area contributed by atoms with Crippen LogP contribution in [0.15, 0.2) is 35.8 Å². The standard InChI is InChI=1S/C15H19N3OS/c1-3-18(4-2)12-7-8-14(16-11-12)17-15(19)10-13-6-5-9-20-13/h5-9,11H,3-4,10H2,1-2H3,(H,16,17,19). The number of nitrogens with zero attached hydrogens (tertiary/aromatic N) is 2. The number of carbonyl (C=O) groups excluding carboxylic acids is 1. The molecule has 0 aromatic carbocycles. The molecule has 0 aliphatic rings. The zero-order valence-electron chi connectivity index (χ0n) is 11.8. The maximum absolute atomic E-state index is 11.9. The molecule has 2 aromatic rings. The number of thiophene rings is 1. The summed E-state index contributed by atoms with van der Waals surface area (Å²) in [6.45, 7) is 6.12. The van der Waals surface area contributed by atoms with E-state index < -0.39 is 0 Å². The second-order valence-electron chi connectivity index (χ2n) is 4.38. The van der Waals surface area contributed by atoms with Crippen LogP contribution in [0, 0.1) is 0 Å². The van der Waals surface area contributed by atoms with Crippen LogP contribution in [0.2, 0.25) is 0 Å². The van der Waals surface area contributed by atoms with Gasteiger partial charge in [-0.25, -0.2) is 4.98 Å². The van der Waals surface area contributed by atoms with E-state index in [1.54, 1.807) is 17.5 Å². The van der Waals surface area contributed by atoms with Gasteiger partial charge in [-0.1, -0.05) is 6.07 Å². The zero-order chi connectivity index (χ0) is 14.4. The van der Waals surface area contributed by atoms with Crippen molar-refractivity contribution in [2.24, 2.45) is 0 Å². The predicted molar refractivity (Wildman–Crippen MR) is 84.5 cm³/mol. The van der Waals surface area contributed by atoms with E-state index in [9.17, 15) is 4.79 Å². The van der Waals surface area contributed by atoms with E-state index in [-0.39, 0.29) is 5.91 Å². The molecule has 0 bridgehead atoms. The molecule has 5 heteroatoms. The molecule has 0 spiro atoms. The minimum atomic E-state index is -0.0319. The molecular weight excluding hydrogens is 270 g/mol. The molecule has 0 unspecified atom stereocenters. The number of pyridine rings is 1. The molecule has 0 aliphatic heterocycles. The molecule has 2 heterocycles. The van der Waals surface area contributed by atoms with Crippen molar-refractivity contribution in [3.63, 3.8) is 0 Å². The van der Waals surface area contributed by atoms with E-state index in [0.717, 1.165) is 23.7 Å². The Morgan fingerprint density at radius 1 is 1.30 bits per heavy atom. The van der Waals surface area contributed by atoms with Crippen molar-refractivity contribution < 1.29 is 4.79 Å². The van der Waals surface area contributed by atoms with Crippen LogP contribution in [0.3, 0.4) is 0 Å². The normalized spacial score (nSPS) is 10.3. The van der Waals surface area contributed by atoms with Crippen LogP contribution < -0.4 is 10.2 Å². The number of hydrogen-bond donors (Lipinski definition) is 1. The minimum absolute atomic E-state index is 0.0319. The van der Waals surface area contributed by atoms with Crippen molar-refractivity contribution in [3.8, 4) is 0 Å². The van der Waals surface area contributed by atoms with Crippen LogP contribution in [0.5, 0.6) is 0 Å². The monoisotopic (exact) mass is 289 g/mol. The molecule has 1 N–H and O–H groups in total. The Morgan fingerprint density at radius 3 is 2.65 bits per heavy atom. The van der Waals surface area contributed by atoms with Crippen LogP contribution in [0.25, 0.3) is 0 Å². The first-order chi connectivity index (χ1) is 9.72. The highest BCUT2D eigenvalue weighted by atomic mass is 32.1. The van der Waals surface area contributed by atoms with Crippen molar-refractivity contribution in [3.05, 3.63) is 40.7 Å². The third-order valence-electron chi connectivity index (χ3n) is 3.06. The van der Waals surface area contributed by atoms with Crippen molar-refractivity contribution in [2.75, 3.05) is 23.3 Å². The Hall–Kier alpha value is -1.88. The van der Waals surface area contributed by atoms with Gasteiger partial charge in [0.05, 0.1) is 18.3 Å².